The maximum atomic E-state index is 13.2. The third-order valence-corrected chi connectivity index (χ3v) is 26.5. The van der Waals surface area contributed by atoms with Crippen LogP contribution in [0.15, 0.2) is 53.0 Å². The number of benzene rings is 4. The predicted molar refractivity (Wildman–Crippen MR) is 492 cm³/mol. The number of nitrogens with one attached hydrogen (secondary N) is 6. The highest BCUT2D eigenvalue weighted by molar-refractivity contribution is 9.11. The lowest BCUT2D eigenvalue weighted by molar-refractivity contribution is -0.122. The number of aromatic carboxylic acids is 1. The van der Waals surface area contributed by atoms with Gasteiger partial charge in [0.15, 0.2) is 46.0 Å². The van der Waals surface area contributed by atoms with E-state index in [9.17, 15) is 48.3 Å². The van der Waals surface area contributed by atoms with Crippen LogP contribution in [-0.2, 0) is 35.0 Å². The molecular formula is C94H126Br4N6O24. The van der Waals surface area contributed by atoms with Crippen molar-refractivity contribution in [1.82, 2.24) is 31.6 Å². The zero-order chi connectivity index (χ0) is 94.8. The van der Waals surface area contributed by atoms with Gasteiger partial charge in [-0.3, -0.25) is 9.59 Å². The summed E-state index contributed by atoms with van der Waals surface area (Å²) in [5.74, 6) is -0.562. The highest BCUT2D eigenvalue weighted by Crippen LogP contribution is 2.57. The number of rotatable bonds is 14. The molecule has 34 heteroatoms. The monoisotopic (exact) mass is 2040 g/mol. The van der Waals surface area contributed by atoms with Crippen molar-refractivity contribution in [3.63, 3.8) is 0 Å². The van der Waals surface area contributed by atoms with Gasteiger partial charge in [0.25, 0.3) is 34.6 Å². The van der Waals surface area contributed by atoms with E-state index in [0.717, 1.165) is 114 Å². The molecular weight excluding hydrogens is 1920 g/mol. The molecule has 13 rings (SSSR count). The SMILES string of the molecule is COC(=O)c1cc(Br)c2c(c1C)OC(C)(C1CCC(NC(=O)OC(C)(C)C)CC1)O2.COC(=O)c1cc(Br)c2c(c1C)O[C@@](C)(C1CCC(NC(=O)OC(C)(C)C)CC1)O2.Cc1c(C(=O)O)cc(Br)c2c1O[C@@](C)(C1CCC(NC(=O)OC(C)(C)C)CC1)O2.Cc1cc(C)c(CNC(=O)c2cc(Br)c3c(c2C)O[C@@](C)(C2CCC(NC(=O)OC(C)(C)C)CC2)O3)c(=O)[nH]1. The summed E-state index contributed by atoms with van der Waals surface area (Å²) < 4.78 is 84.0. The molecule has 5 heterocycles. The number of carboxylic acid groups (broad SMARTS) is 1. The number of esters is 2. The minimum Gasteiger partial charge on any atom is -0.478 e. The fraction of sp³-hybridized carbons (Fsp3) is 0.606. The Labute approximate surface area is 783 Å². The van der Waals surface area contributed by atoms with Crippen LogP contribution in [-0.4, -0.2) is 142 Å². The highest BCUT2D eigenvalue weighted by Gasteiger charge is 2.53. The highest BCUT2D eigenvalue weighted by atomic mass is 79.9. The Morgan fingerprint density at radius 2 is 0.617 bits per heavy atom. The van der Waals surface area contributed by atoms with E-state index in [1.807, 2.05) is 151 Å². The fourth-order valence-electron chi connectivity index (χ4n) is 17.5. The van der Waals surface area contributed by atoms with Crippen LogP contribution >= 0.6 is 63.7 Å². The molecule has 8 aliphatic rings. The van der Waals surface area contributed by atoms with Gasteiger partial charge in [0.05, 0.1) is 48.8 Å². The molecule has 704 valence electrons. The van der Waals surface area contributed by atoms with Gasteiger partial charge in [0.1, 0.15) is 22.4 Å². The molecule has 4 aliphatic carbocycles. The van der Waals surface area contributed by atoms with Crippen LogP contribution in [0.25, 0.3) is 0 Å². The maximum absolute atomic E-state index is 13.2. The molecule has 0 spiro atoms. The third kappa shape index (κ3) is 24.8. The van der Waals surface area contributed by atoms with Gasteiger partial charge in [0.2, 0.25) is 0 Å². The Kier molecular flexibility index (Phi) is 31.7. The van der Waals surface area contributed by atoms with E-state index in [-0.39, 0.29) is 83.6 Å². The Morgan fingerprint density at radius 3 is 0.859 bits per heavy atom. The second-order valence-corrected chi connectivity index (χ2v) is 42.2. The van der Waals surface area contributed by atoms with Gasteiger partial charge in [-0.15, -0.1) is 0 Å². The van der Waals surface area contributed by atoms with E-state index >= 15 is 0 Å². The number of H-pyrrole nitrogens is 1. The first-order valence-electron chi connectivity index (χ1n) is 43.6. The molecule has 1 unspecified atom stereocenters. The molecule has 128 heavy (non-hydrogen) atoms. The molecule has 30 nitrogen and oxygen atoms in total. The maximum Gasteiger partial charge on any atom is 0.407 e. The van der Waals surface area contributed by atoms with Crippen molar-refractivity contribution in [1.29, 1.82) is 0 Å². The zero-order valence-corrected chi connectivity index (χ0v) is 84.2. The molecule has 1 aromatic heterocycles. The summed E-state index contributed by atoms with van der Waals surface area (Å²) in [5.41, 5.74) is 3.98. The van der Waals surface area contributed by atoms with Crippen molar-refractivity contribution in [3.8, 4) is 46.0 Å². The average Bonchev–Trinajstić information content (AvgIpc) is 1.62. The number of hydrogen-bond donors (Lipinski definition) is 7. The Bertz CT molecular complexity index is 4940. The number of aromatic amines is 1. The second kappa shape index (κ2) is 40.1. The number of aryl methyl sites for hydroxylation is 2. The van der Waals surface area contributed by atoms with E-state index in [0.29, 0.717) is 108 Å². The van der Waals surface area contributed by atoms with E-state index < -0.39 is 75.6 Å². The minimum atomic E-state index is -1.00. The number of halogens is 4. The molecule has 0 bridgehead atoms. The van der Waals surface area contributed by atoms with Crippen molar-refractivity contribution in [2.45, 2.75) is 331 Å². The third-order valence-electron chi connectivity index (χ3n) is 24.2. The van der Waals surface area contributed by atoms with Gasteiger partial charge in [-0.1, -0.05) is 0 Å². The molecule has 4 aromatic carbocycles. The summed E-state index contributed by atoms with van der Waals surface area (Å²) in [6, 6.07) is 8.81. The number of ether oxygens (including phenoxy) is 14. The standard InChI is InChI=1S/C29H38BrN3O6.2C22H30BrNO6.C21H28BrNO6/c1-15-12-16(2)32-26(35)21(15)14-31-25(34)20-13-22(30)24-23(17(20)3)37-29(7,38-24)18-8-10-19(11-9-18)33-27(36)39-28(4,5)6;2*1-12-15(19(25)27-6)11-16(23)18-17(12)28-22(5,29-18)13-7-9-14(10-8-13)24-20(26)30-21(2,3)4;1-11-14(18(24)25)10-15(22)17-16(11)27-21(5,28-17)12-6-8-13(9-7-12)23-19(26)29-20(2,3)4/h12-13,18-19H,8-11,14H2,1-7H3,(H,31,34)(H,32,35)(H,33,36);2*11,13-14H,7-10H2,1-6H3,(H,24,26);10,12-13H,6-9H2,1-5H3,(H,23,26)(H,24,25)/t18?,19?,29-;13?,14?,22-;;12?,13?,21-/m11.1/s1. The topological polar surface area (TPSA) is 379 Å². The average molecular weight is 2040 g/mol. The Hall–Kier alpha value is -8.89. The molecule has 4 saturated carbocycles. The first-order valence-corrected chi connectivity index (χ1v) is 46.8. The van der Waals surface area contributed by atoms with E-state index in [1.54, 1.807) is 31.2 Å². The number of alkyl carbamates (subject to hydrolysis) is 4. The van der Waals surface area contributed by atoms with Crippen molar-refractivity contribution in [2.75, 3.05) is 14.2 Å². The van der Waals surface area contributed by atoms with Gasteiger partial charge in [-0.2, -0.15) is 0 Å². The van der Waals surface area contributed by atoms with Gasteiger partial charge >= 0.3 is 42.3 Å². The summed E-state index contributed by atoms with van der Waals surface area (Å²) >= 11 is 14.0. The summed E-state index contributed by atoms with van der Waals surface area (Å²) in [7, 11) is 2.71. The molecule has 4 aliphatic heterocycles. The molecule has 0 radical (unpaired) electrons. The summed E-state index contributed by atoms with van der Waals surface area (Å²) in [6.07, 6.45) is 11.5. The first kappa shape index (κ1) is 101. The van der Waals surface area contributed by atoms with Crippen LogP contribution < -0.4 is 70.0 Å². The molecule has 4 fully saturated rings. The summed E-state index contributed by atoms with van der Waals surface area (Å²) in [4.78, 5) is 112. The number of aromatic nitrogens is 1. The van der Waals surface area contributed by atoms with Crippen LogP contribution in [0.2, 0.25) is 0 Å². The van der Waals surface area contributed by atoms with Gasteiger partial charge in [-0.25, -0.2) is 33.6 Å². The van der Waals surface area contributed by atoms with Crippen LogP contribution in [0.3, 0.4) is 0 Å². The predicted octanol–water partition coefficient (Wildman–Crippen LogP) is 20.8. The second-order valence-electron chi connectivity index (χ2n) is 38.8. The zero-order valence-electron chi connectivity index (χ0n) is 77.9. The number of carbonyl (C=O) groups excluding carboxylic acids is 7. The molecule has 5 aromatic rings. The van der Waals surface area contributed by atoms with E-state index in [4.69, 9.17) is 66.3 Å². The van der Waals surface area contributed by atoms with E-state index in [2.05, 4.69) is 95.3 Å². The van der Waals surface area contributed by atoms with Crippen LogP contribution in [0.5, 0.6) is 46.0 Å². The van der Waals surface area contributed by atoms with Crippen molar-refractivity contribution in [3.05, 3.63) is 120 Å². The van der Waals surface area contributed by atoms with Crippen molar-refractivity contribution in [2.24, 2.45) is 23.7 Å². The lowest BCUT2D eigenvalue weighted by Gasteiger charge is -2.37. The smallest absolute Gasteiger partial charge is 0.407 e. The number of carbonyl (C=O) groups is 8. The molecule has 0 saturated heterocycles. The first-order chi connectivity index (χ1) is 59.4. The normalized spacial score (nSPS) is 24.7. The van der Waals surface area contributed by atoms with Gasteiger partial charge in [0, 0.05) is 121 Å². The summed E-state index contributed by atoms with van der Waals surface area (Å²) in [5, 5.41) is 24.1. The van der Waals surface area contributed by atoms with Crippen molar-refractivity contribution >= 4 is 112 Å². The minimum absolute atomic E-state index is 0.0386. The Balaban J connectivity index is 0.000000179. The van der Waals surface area contributed by atoms with E-state index in [1.165, 1.54) is 14.2 Å². The van der Waals surface area contributed by atoms with Gasteiger partial charge in [-0.05, 0) is 327 Å². The van der Waals surface area contributed by atoms with Crippen LogP contribution in [0, 0.1) is 65.2 Å². The number of carboxylic acids is 1. The number of pyridine rings is 1. The van der Waals surface area contributed by atoms with Crippen LogP contribution in [0.1, 0.15) is 294 Å². The Morgan fingerprint density at radius 1 is 0.383 bits per heavy atom. The number of methoxy groups -OCH3 is 2. The quantitative estimate of drug-likeness (QED) is 0.0401. The largest absolute Gasteiger partial charge is 0.478 e. The van der Waals surface area contributed by atoms with Gasteiger partial charge < -0.3 is 103 Å². The fourth-order valence-corrected chi connectivity index (χ4v) is 19.4. The molecule has 7 N–H and O–H groups in total. The number of amides is 5. The van der Waals surface area contributed by atoms with Crippen LogP contribution in [0.4, 0.5) is 19.2 Å². The number of fused-ring (bicyclic) bond motifs is 4. The lowest BCUT2D eigenvalue weighted by atomic mass is 9.81. The van der Waals surface area contributed by atoms with Crippen molar-refractivity contribution < 1.29 is 110 Å². The summed E-state index contributed by atoms with van der Waals surface area (Å²) in [6.45, 7) is 40.9. The molecule has 5 amide bonds. The molecule has 4 atom stereocenters. The number of hydrogen-bond acceptors (Lipinski definition) is 23. The lowest BCUT2D eigenvalue weighted by Crippen LogP contribution is -2.48.